The summed E-state index contributed by atoms with van der Waals surface area (Å²) in [5, 5.41) is 6.17. The van der Waals surface area contributed by atoms with Gasteiger partial charge >= 0.3 is 12.0 Å². The lowest BCUT2D eigenvalue weighted by atomic mass is 9.92. The molecule has 0 unspecified atom stereocenters. The highest BCUT2D eigenvalue weighted by Crippen LogP contribution is 2.37. The maximum Gasteiger partial charge on any atom is 0.341 e. The maximum atomic E-state index is 13.3. The summed E-state index contributed by atoms with van der Waals surface area (Å²) < 4.78 is 5.16. The topological polar surface area (TPSA) is 105 Å². The van der Waals surface area contributed by atoms with Gasteiger partial charge in [0, 0.05) is 9.90 Å². The number of hydrogen-bond donors (Lipinski definition) is 2. The summed E-state index contributed by atoms with van der Waals surface area (Å²) in [6.07, 6.45) is 0. The van der Waals surface area contributed by atoms with Crippen LogP contribution in [-0.4, -0.2) is 41.4 Å². The molecule has 1 aliphatic heterocycles. The summed E-state index contributed by atoms with van der Waals surface area (Å²) in [6, 6.07) is 15.8. The first-order valence-corrected chi connectivity index (χ1v) is 12.4. The molecule has 1 fully saturated rings. The van der Waals surface area contributed by atoms with Crippen molar-refractivity contribution < 1.29 is 23.9 Å². The number of carbonyl (C=O) groups excluding carboxylic acids is 4. The molecule has 10 heteroatoms. The largest absolute Gasteiger partial charge is 0.462 e. The molecule has 2 aromatic carbocycles. The van der Waals surface area contributed by atoms with Crippen molar-refractivity contribution in [3.8, 4) is 10.4 Å². The molecule has 0 spiro atoms. The van der Waals surface area contributed by atoms with E-state index in [1.807, 2.05) is 30.3 Å². The number of amides is 4. The molecule has 36 heavy (non-hydrogen) atoms. The summed E-state index contributed by atoms with van der Waals surface area (Å²) in [7, 11) is 0. The van der Waals surface area contributed by atoms with E-state index in [1.54, 1.807) is 44.2 Å². The van der Waals surface area contributed by atoms with E-state index in [4.69, 9.17) is 16.3 Å². The van der Waals surface area contributed by atoms with E-state index in [2.05, 4.69) is 10.6 Å². The molecule has 0 radical (unpaired) electrons. The van der Waals surface area contributed by atoms with Crippen molar-refractivity contribution in [2.45, 2.75) is 32.4 Å². The Labute approximate surface area is 217 Å². The van der Waals surface area contributed by atoms with Gasteiger partial charge in [-0.3, -0.25) is 9.59 Å². The average Bonchev–Trinajstić information content (AvgIpc) is 3.38. The summed E-state index contributed by atoms with van der Waals surface area (Å²) in [5.74, 6) is -1.77. The van der Waals surface area contributed by atoms with Gasteiger partial charge in [-0.15, -0.1) is 11.3 Å². The highest BCUT2D eigenvalue weighted by molar-refractivity contribution is 7.20. The lowest BCUT2D eigenvalue weighted by Gasteiger charge is -2.24. The highest BCUT2D eigenvalue weighted by Gasteiger charge is 2.51. The first kappa shape index (κ1) is 25.4. The fraction of sp³-hybridized carbons (Fsp3) is 0.231. The second-order valence-electron chi connectivity index (χ2n) is 8.34. The summed E-state index contributed by atoms with van der Waals surface area (Å²) in [4.78, 5) is 53.6. The fourth-order valence-electron chi connectivity index (χ4n) is 3.91. The van der Waals surface area contributed by atoms with Gasteiger partial charge in [-0.25, -0.2) is 14.5 Å². The molecule has 8 nitrogen and oxygen atoms in total. The number of rotatable bonds is 7. The van der Waals surface area contributed by atoms with E-state index in [0.717, 1.165) is 15.3 Å². The molecule has 186 valence electrons. The Hall–Kier alpha value is -3.69. The smallest absolute Gasteiger partial charge is 0.341 e. The van der Waals surface area contributed by atoms with Crippen molar-refractivity contribution in [2.75, 3.05) is 11.9 Å². The third-order valence-corrected chi connectivity index (χ3v) is 7.28. The number of urea groups is 1. The molecular weight excluding hydrogens is 502 g/mol. The summed E-state index contributed by atoms with van der Waals surface area (Å²) in [6.45, 7) is 4.89. The van der Waals surface area contributed by atoms with Gasteiger partial charge in [-0.2, -0.15) is 0 Å². The van der Waals surface area contributed by atoms with E-state index in [1.165, 1.54) is 18.3 Å². The molecule has 4 amide bonds. The number of esters is 1. The van der Waals surface area contributed by atoms with E-state index in [9.17, 15) is 19.2 Å². The zero-order chi connectivity index (χ0) is 26.0. The molecule has 2 atom stereocenters. The second-order valence-corrected chi connectivity index (χ2v) is 9.83. The number of hydrogen-bond acceptors (Lipinski definition) is 6. The van der Waals surface area contributed by atoms with E-state index in [-0.39, 0.29) is 17.2 Å². The van der Waals surface area contributed by atoms with Gasteiger partial charge in [0.05, 0.1) is 12.2 Å². The zero-order valence-corrected chi connectivity index (χ0v) is 21.4. The number of halogens is 1. The Balaban J connectivity index is 1.59. The zero-order valence-electron chi connectivity index (χ0n) is 19.8. The lowest BCUT2D eigenvalue weighted by Crippen LogP contribution is -2.47. The molecular formula is C26H24ClN3O5S. The molecule has 1 saturated heterocycles. The van der Waals surface area contributed by atoms with E-state index < -0.39 is 35.4 Å². The van der Waals surface area contributed by atoms with Gasteiger partial charge in [0.25, 0.3) is 5.91 Å². The number of thiophene rings is 1. The van der Waals surface area contributed by atoms with E-state index in [0.29, 0.717) is 10.6 Å². The predicted octanol–water partition coefficient (Wildman–Crippen LogP) is 5.04. The van der Waals surface area contributed by atoms with Gasteiger partial charge in [0.1, 0.15) is 16.6 Å². The van der Waals surface area contributed by atoms with Gasteiger partial charge < -0.3 is 15.4 Å². The normalized spacial score (nSPS) is 18.1. The minimum absolute atomic E-state index is 0.171. The Morgan fingerprint density at radius 1 is 1.14 bits per heavy atom. The first-order valence-electron chi connectivity index (χ1n) is 11.2. The second kappa shape index (κ2) is 10.1. The highest BCUT2D eigenvalue weighted by atomic mass is 35.5. The quantitative estimate of drug-likeness (QED) is 0.332. The summed E-state index contributed by atoms with van der Waals surface area (Å²) >= 11 is 7.16. The molecule has 0 bridgehead atoms. The minimum atomic E-state index is -1.35. The van der Waals surface area contributed by atoms with Gasteiger partial charge in [0.15, 0.2) is 0 Å². The molecule has 2 N–H and O–H groups in total. The number of imide groups is 1. The Bertz CT molecular complexity index is 1330. The lowest BCUT2D eigenvalue weighted by molar-refractivity contribution is -0.136. The van der Waals surface area contributed by atoms with Crippen LogP contribution in [0, 0.1) is 0 Å². The predicted molar refractivity (Wildman–Crippen MR) is 138 cm³/mol. The van der Waals surface area contributed by atoms with Gasteiger partial charge in [-0.1, -0.05) is 54.1 Å². The molecule has 0 saturated carbocycles. The van der Waals surface area contributed by atoms with Crippen LogP contribution < -0.4 is 10.6 Å². The monoisotopic (exact) mass is 525 g/mol. The maximum absolute atomic E-state index is 13.3. The van der Waals surface area contributed by atoms with Crippen LogP contribution in [0.1, 0.15) is 36.7 Å². The van der Waals surface area contributed by atoms with Crippen LogP contribution in [0.5, 0.6) is 0 Å². The van der Waals surface area contributed by atoms with Crippen molar-refractivity contribution in [1.82, 2.24) is 10.2 Å². The average molecular weight is 526 g/mol. The van der Waals surface area contributed by atoms with Gasteiger partial charge in [0.2, 0.25) is 5.91 Å². The molecule has 4 rings (SSSR count). The fourth-order valence-corrected chi connectivity index (χ4v) is 5.09. The Morgan fingerprint density at radius 2 is 1.81 bits per heavy atom. The number of nitrogens with one attached hydrogen (secondary N) is 2. The first-order chi connectivity index (χ1) is 17.2. The van der Waals surface area contributed by atoms with Crippen LogP contribution in [0.3, 0.4) is 0 Å². The van der Waals surface area contributed by atoms with Crippen molar-refractivity contribution >= 4 is 51.8 Å². The van der Waals surface area contributed by atoms with Crippen LogP contribution in [0.4, 0.5) is 9.80 Å². The van der Waals surface area contributed by atoms with Crippen molar-refractivity contribution in [3.63, 3.8) is 0 Å². The Morgan fingerprint density at radius 3 is 2.44 bits per heavy atom. The number of ether oxygens (including phenoxy) is 1. The standard InChI is InChI=1S/C26H24ClN3O5S/c1-4-35-23(32)19-14-20(16-8-6-5-7-9-16)36-22(19)28-21(31)15(2)30-24(33)26(3,29-25(30)34)17-10-12-18(27)13-11-17/h5-15H,4H2,1-3H3,(H,28,31)(H,29,34)/t15-,26+/m0/s1. The van der Waals surface area contributed by atoms with Crippen LogP contribution in [0.25, 0.3) is 10.4 Å². The molecule has 0 aliphatic carbocycles. The minimum Gasteiger partial charge on any atom is -0.462 e. The molecule has 2 heterocycles. The van der Waals surface area contributed by atoms with Crippen molar-refractivity contribution in [3.05, 3.63) is 76.8 Å². The van der Waals surface area contributed by atoms with Crippen LogP contribution >= 0.6 is 22.9 Å². The van der Waals surface area contributed by atoms with Crippen molar-refractivity contribution in [1.29, 1.82) is 0 Å². The van der Waals surface area contributed by atoms with Crippen LogP contribution in [-0.2, 0) is 19.9 Å². The molecule has 1 aromatic heterocycles. The van der Waals surface area contributed by atoms with Crippen LogP contribution in [0.2, 0.25) is 5.02 Å². The number of anilines is 1. The number of nitrogens with zero attached hydrogens (tertiary/aromatic N) is 1. The summed E-state index contributed by atoms with van der Waals surface area (Å²) in [5.41, 5.74) is 0.255. The third kappa shape index (κ3) is 4.72. The Kier molecular flexibility index (Phi) is 7.14. The number of benzene rings is 2. The SMILES string of the molecule is CCOC(=O)c1cc(-c2ccccc2)sc1NC(=O)[C@H](C)N1C(=O)N[C@](C)(c2ccc(Cl)cc2)C1=O. The van der Waals surface area contributed by atoms with Gasteiger partial charge in [-0.05, 0) is 50.1 Å². The van der Waals surface area contributed by atoms with Crippen LogP contribution in [0.15, 0.2) is 60.7 Å². The van der Waals surface area contributed by atoms with E-state index >= 15 is 0 Å². The molecule has 1 aliphatic rings. The number of carbonyl (C=O) groups is 4. The van der Waals surface area contributed by atoms with Crippen molar-refractivity contribution in [2.24, 2.45) is 0 Å². The molecule has 3 aromatic rings. The third-order valence-electron chi connectivity index (χ3n) is 5.93.